The average Bonchev–Trinajstić information content (AvgIpc) is 2.81. The maximum Gasteiger partial charge on any atom is 0.0662 e. The van der Waals surface area contributed by atoms with Crippen LogP contribution in [-0.4, -0.2) is 35.0 Å². The Morgan fingerprint density at radius 1 is 1.55 bits per heavy atom. The van der Waals surface area contributed by atoms with Crippen LogP contribution in [0.3, 0.4) is 0 Å². The third-order valence-electron chi connectivity index (χ3n) is 2.34. The van der Waals surface area contributed by atoms with Crippen molar-refractivity contribution >= 4 is 0 Å². The number of aliphatic hydroxyl groups is 2. The largest absolute Gasteiger partial charge is 0.394 e. The molecule has 1 atom stereocenters. The standard InChI is InChI=1S/C8H17NO2/c1-2-7(11)5-9-8(6-10)3-4-8/h7,9-11H,2-6H2,1H3. The van der Waals surface area contributed by atoms with Crippen molar-refractivity contribution in [1.29, 1.82) is 0 Å². The summed E-state index contributed by atoms with van der Waals surface area (Å²) >= 11 is 0. The summed E-state index contributed by atoms with van der Waals surface area (Å²) in [6.07, 6.45) is 2.59. The van der Waals surface area contributed by atoms with Crippen LogP contribution in [0.25, 0.3) is 0 Å². The van der Waals surface area contributed by atoms with E-state index in [1.54, 1.807) is 0 Å². The minimum Gasteiger partial charge on any atom is -0.394 e. The highest BCUT2D eigenvalue weighted by Gasteiger charge is 2.41. The van der Waals surface area contributed by atoms with Gasteiger partial charge in [-0.05, 0) is 19.3 Å². The van der Waals surface area contributed by atoms with Crippen molar-refractivity contribution < 1.29 is 10.2 Å². The normalized spacial score (nSPS) is 23.2. The fraction of sp³-hybridized carbons (Fsp3) is 1.00. The van der Waals surface area contributed by atoms with Crippen molar-refractivity contribution in [2.75, 3.05) is 13.2 Å². The van der Waals surface area contributed by atoms with Gasteiger partial charge in [-0.1, -0.05) is 6.92 Å². The van der Waals surface area contributed by atoms with E-state index < -0.39 is 0 Å². The molecule has 0 radical (unpaired) electrons. The lowest BCUT2D eigenvalue weighted by atomic mass is 10.2. The highest BCUT2D eigenvalue weighted by Crippen LogP contribution is 2.34. The van der Waals surface area contributed by atoms with Crippen LogP contribution in [0.2, 0.25) is 0 Å². The molecule has 3 nitrogen and oxygen atoms in total. The van der Waals surface area contributed by atoms with Crippen molar-refractivity contribution in [3.8, 4) is 0 Å². The molecule has 3 N–H and O–H groups in total. The summed E-state index contributed by atoms with van der Waals surface area (Å²) in [4.78, 5) is 0. The molecule has 0 aromatic heterocycles. The van der Waals surface area contributed by atoms with E-state index in [-0.39, 0.29) is 18.2 Å². The summed E-state index contributed by atoms with van der Waals surface area (Å²) in [5.74, 6) is 0. The third kappa shape index (κ3) is 2.43. The lowest BCUT2D eigenvalue weighted by Gasteiger charge is -2.16. The van der Waals surface area contributed by atoms with Crippen molar-refractivity contribution in [2.24, 2.45) is 0 Å². The second-order valence-corrected chi connectivity index (χ2v) is 3.38. The molecule has 0 saturated heterocycles. The van der Waals surface area contributed by atoms with Crippen molar-refractivity contribution in [3.63, 3.8) is 0 Å². The van der Waals surface area contributed by atoms with Gasteiger partial charge in [0.15, 0.2) is 0 Å². The first-order valence-electron chi connectivity index (χ1n) is 4.26. The van der Waals surface area contributed by atoms with Gasteiger partial charge in [0.25, 0.3) is 0 Å². The molecule has 3 heteroatoms. The zero-order valence-corrected chi connectivity index (χ0v) is 7.01. The van der Waals surface area contributed by atoms with Crippen molar-refractivity contribution in [2.45, 2.75) is 37.8 Å². The Morgan fingerprint density at radius 2 is 2.18 bits per heavy atom. The Bertz CT molecular complexity index is 123. The van der Waals surface area contributed by atoms with E-state index in [0.717, 1.165) is 19.3 Å². The predicted octanol–water partition coefficient (Wildman–Crippen LogP) is -0.128. The van der Waals surface area contributed by atoms with Gasteiger partial charge in [0.2, 0.25) is 0 Å². The Hall–Kier alpha value is -0.120. The molecule has 0 aromatic carbocycles. The van der Waals surface area contributed by atoms with Gasteiger partial charge < -0.3 is 15.5 Å². The molecule has 0 aromatic rings. The van der Waals surface area contributed by atoms with Gasteiger partial charge >= 0.3 is 0 Å². The molecule has 1 fully saturated rings. The number of hydrogen-bond donors (Lipinski definition) is 3. The van der Waals surface area contributed by atoms with Crippen LogP contribution >= 0.6 is 0 Å². The van der Waals surface area contributed by atoms with Gasteiger partial charge in [-0.3, -0.25) is 0 Å². The third-order valence-corrected chi connectivity index (χ3v) is 2.34. The Morgan fingerprint density at radius 3 is 2.55 bits per heavy atom. The quantitative estimate of drug-likeness (QED) is 0.524. The van der Waals surface area contributed by atoms with E-state index in [0.29, 0.717) is 6.54 Å². The minimum absolute atomic E-state index is 0.0316. The molecule has 0 heterocycles. The molecular weight excluding hydrogens is 142 g/mol. The molecule has 0 bridgehead atoms. The topological polar surface area (TPSA) is 52.5 Å². The van der Waals surface area contributed by atoms with E-state index >= 15 is 0 Å². The van der Waals surface area contributed by atoms with Gasteiger partial charge in [0.1, 0.15) is 0 Å². The number of rotatable bonds is 5. The highest BCUT2D eigenvalue weighted by molar-refractivity contribution is 5.01. The summed E-state index contributed by atoms with van der Waals surface area (Å²) in [6, 6.07) is 0. The van der Waals surface area contributed by atoms with E-state index in [1.165, 1.54) is 0 Å². The monoisotopic (exact) mass is 159 g/mol. The summed E-state index contributed by atoms with van der Waals surface area (Å²) in [5.41, 5.74) is -0.0316. The lowest BCUT2D eigenvalue weighted by Crippen LogP contribution is -2.39. The summed E-state index contributed by atoms with van der Waals surface area (Å²) in [7, 11) is 0. The molecule has 0 spiro atoms. The molecule has 1 saturated carbocycles. The summed E-state index contributed by atoms with van der Waals surface area (Å²) in [5, 5.41) is 21.3. The van der Waals surface area contributed by atoms with Crippen LogP contribution < -0.4 is 5.32 Å². The van der Waals surface area contributed by atoms with Gasteiger partial charge in [-0.25, -0.2) is 0 Å². The van der Waals surface area contributed by atoms with Gasteiger partial charge in [0.05, 0.1) is 12.7 Å². The van der Waals surface area contributed by atoms with Crippen LogP contribution in [0.5, 0.6) is 0 Å². The highest BCUT2D eigenvalue weighted by atomic mass is 16.3. The van der Waals surface area contributed by atoms with Gasteiger partial charge in [-0.15, -0.1) is 0 Å². The zero-order chi connectivity index (χ0) is 8.32. The summed E-state index contributed by atoms with van der Waals surface area (Å²) in [6.45, 7) is 2.76. The summed E-state index contributed by atoms with van der Waals surface area (Å²) < 4.78 is 0. The number of hydrogen-bond acceptors (Lipinski definition) is 3. The van der Waals surface area contributed by atoms with E-state index in [4.69, 9.17) is 5.11 Å². The molecule has 1 aliphatic rings. The molecule has 66 valence electrons. The molecule has 0 aliphatic heterocycles. The number of aliphatic hydroxyl groups excluding tert-OH is 2. The number of β-amino-alcohol motifs (C(OH)–C–C–N with tert-alkyl or cyclic N) is 1. The SMILES string of the molecule is CCC(O)CNC1(CO)CC1. The Labute approximate surface area is 67.4 Å². The smallest absolute Gasteiger partial charge is 0.0662 e. The van der Waals surface area contributed by atoms with E-state index in [2.05, 4.69) is 5.32 Å². The van der Waals surface area contributed by atoms with Crippen LogP contribution in [0, 0.1) is 0 Å². The molecule has 1 aliphatic carbocycles. The number of nitrogens with one attached hydrogen (secondary N) is 1. The van der Waals surface area contributed by atoms with Gasteiger partial charge in [-0.2, -0.15) is 0 Å². The average molecular weight is 159 g/mol. The molecule has 0 amide bonds. The van der Waals surface area contributed by atoms with Crippen LogP contribution in [-0.2, 0) is 0 Å². The van der Waals surface area contributed by atoms with Crippen LogP contribution in [0.1, 0.15) is 26.2 Å². The first-order valence-corrected chi connectivity index (χ1v) is 4.26. The van der Waals surface area contributed by atoms with Crippen LogP contribution in [0.15, 0.2) is 0 Å². The molecule has 11 heavy (non-hydrogen) atoms. The van der Waals surface area contributed by atoms with Crippen molar-refractivity contribution in [1.82, 2.24) is 5.32 Å². The first kappa shape index (κ1) is 8.97. The Kier molecular flexibility index (Phi) is 2.87. The maximum atomic E-state index is 9.20. The molecular formula is C8H17NO2. The minimum atomic E-state index is -0.265. The van der Waals surface area contributed by atoms with Crippen LogP contribution in [0.4, 0.5) is 0 Å². The van der Waals surface area contributed by atoms with E-state index in [9.17, 15) is 5.11 Å². The maximum absolute atomic E-state index is 9.20. The lowest BCUT2D eigenvalue weighted by molar-refractivity contribution is 0.149. The zero-order valence-electron chi connectivity index (χ0n) is 7.01. The Balaban J connectivity index is 2.11. The second-order valence-electron chi connectivity index (χ2n) is 3.38. The fourth-order valence-corrected chi connectivity index (χ4v) is 1.02. The molecule has 1 rings (SSSR count). The second kappa shape index (κ2) is 3.52. The fourth-order valence-electron chi connectivity index (χ4n) is 1.02. The first-order chi connectivity index (χ1) is 5.22. The predicted molar refractivity (Wildman–Crippen MR) is 43.4 cm³/mol. The molecule has 1 unspecified atom stereocenters. The van der Waals surface area contributed by atoms with E-state index in [1.807, 2.05) is 6.92 Å². The van der Waals surface area contributed by atoms with Crippen molar-refractivity contribution in [3.05, 3.63) is 0 Å². The van der Waals surface area contributed by atoms with Gasteiger partial charge in [0, 0.05) is 12.1 Å².